The minimum absolute atomic E-state index is 0.0334. The molecule has 1 aliphatic heterocycles. The topological polar surface area (TPSA) is 106 Å². The fourth-order valence-electron chi connectivity index (χ4n) is 3.46. The number of nitrogens with one attached hydrogen (secondary N) is 2. The van der Waals surface area contributed by atoms with Crippen LogP contribution >= 0.6 is 0 Å². The third-order valence-corrected chi connectivity index (χ3v) is 6.42. The Balaban J connectivity index is 1.44. The van der Waals surface area contributed by atoms with Gasteiger partial charge >= 0.3 is 6.03 Å². The van der Waals surface area contributed by atoms with Crippen molar-refractivity contribution in [3.63, 3.8) is 0 Å². The second-order valence-corrected chi connectivity index (χ2v) is 9.03. The molecule has 0 saturated heterocycles. The molecular formula is C21H23N5O3S. The Kier molecular flexibility index (Phi) is 5.54. The summed E-state index contributed by atoms with van der Waals surface area (Å²) in [7, 11) is -3.94. The zero-order chi connectivity index (χ0) is 21.1. The SMILES string of the molecule is Cc1ccc(S(=O)(=O)NC(=O)Nc2ccc(-c3nnc4n3CCCCC4)cc2)cc1. The Morgan fingerprint density at radius 2 is 1.70 bits per heavy atom. The fourth-order valence-corrected chi connectivity index (χ4v) is 4.36. The van der Waals surface area contributed by atoms with Crippen molar-refractivity contribution in [2.24, 2.45) is 0 Å². The maximum Gasteiger partial charge on any atom is 0.333 e. The third-order valence-electron chi connectivity index (χ3n) is 5.07. The van der Waals surface area contributed by atoms with Crippen molar-refractivity contribution >= 4 is 21.7 Å². The predicted molar refractivity (Wildman–Crippen MR) is 114 cm³/mol. The molecule has 0 atom stereocenters. The number of hydrogen-bond donors (Lipinski definition) is 2. The van der Waals surface area contributed by atoms with Crippen molar-refractivity contribution in [1.82, 2.24) is 19.5 Å². The van der Waals surface area contributed by atoms with Crippen LogP contribution in [0.1, 0.15) is 30.7 Å². The van der Waals surface area contributed by atoms with E-state index in [1.165, 1.54) is 18.6 Å². The smallest absolute Gasteiger partial charge is 0.311 e. The van der Waals surface area contributed by atoms with E-state index >= 15 is 0 Å². The molecule has 2 N–H and O–H groups in total. The number of carbonyl (C=O) groups excluding carboxylic acids is 1. The molecule has 0 unspecified atom stereocenters. The summed E-state index contributed by atoms with van der Waals surface area (Å²) in [5.41, 5.74) is 2.31. The average molecular weight is 426 g/mol. The number of anilines is 1. The maximum absolute atomic E-state index is 12.3. The minimum Gasteiger partial charge on any atom is -0.311 e. The molecule has 156 valence electrons. The van der Waals surface area contributed by atoms with Gasteiger partial charge in [0.2, 0.25) is 0 Å². The van der Waals surface area contributed by atoms with E-state index in [1.54, 1.807) is 24.3 Å². The van der Waals surface area contributed by atoms with Crippen molar-refractivity contribution in [3.8, 4) is 11.4 Å². The molecule has 8 nitrogen and oxygen atoms in total. The van der Waals surface area contributed by atoms with Crippen LogP contribution in [0.25, 0.3) is 11.4 Å². The summed E-state index contributed by atoms with van der Waals surface area (Å²) in [6.07, 6.45) is 4.35. The number of fused-ring (bicyclic) bond motifs is 1. The van der Waals surface area contributed by atoms with Gasteiger partial charge in [0.15, 0.2) is 5.82 Å². The molecule has 0 radical (unpaired) electrons. The highest BCUT2D eigenvalue weighted by molar-refractivity contribution is 7.90. The first-order valence-corrected chi connectivity index (χ1v) is 11.3. The van der Waals surface area contributed by atoms with E-state index < -0.39 is 16.1 Å². The van der Waals surface area contributed by atoms with Crippen molar-refractivity contribution < 1.29 is 13.2 Å². The van der Waals surface area contributed by atoms with Gasteiger partial charge in [-0.2, -0.15) is 0 Å². The lowest BCUT2D eigenvalue weighted by Crippen LogP contribution is -2.34. The van der Waals surface area contributed by atoms with E-state index in [4.69, 9.17) is 0 Å². The van der Waals surface area contributed by atoms with Crippen LogP contribution in [0.3, 0.4) is 0 Å². The van der Waals surface area contributed by atoms with Crippen LogP contribution in [0.2, 0.25) is 0 Å². The van der Waals surface area contributed by atoms with Crippen LogP contribution < -0.4 is 10.0 Å². The van der Waals surface area contributed by atoms with Gasteiger partial charge in [-0.3, -0.25) is 0 Å². The lowest BCUT2D eigenvalue weighted by atomic mass is 10.2. The Morgan fingerprint density at radius 3 is 2.43 bits per heavy atom. The zero-order valence-corrected chi connectivity index (χ0v) is 17.4. The van der Waals surface area contributed by atoms with Crippen molar-refractivity contribution in [3.05, 3.63) is 59.9 Å². The molecule has 1 aliphatic rings. The Labute approximate surface area is 175 Å². The van der Waals surface area contributed by atoms with E-state index in [-0.39, 0.29) is 4.90 Å². The van der Waals surface area contributed by atoms with E-state index in [0.717, 1.165) is 48.6 Å². The molecule has 0 saturated carbocycles. The fraction of sp³-hybridized carbons (Fsp3) is 0.286. The van der Waals surface area contributed by atoms with Crippen molar-refractivity contribution in [2.75, 3.05) is 5.32 Å². The molecule has 3 aromatic rings. The maximum atomic E-state index is 12.3. The van der Waals surface area contributed by atoms with Crippen molar-refractivity contribution in [1.29, 1.82) is 0 Å². The molecule has 2 aromatic carbocycles. The molecular weight excluding hydrogens is 402 g/mol. The summed E-state index contributed by atoms with van der Waals surface area (Å²) in [6.45, 7) is 2.76. The number of aromatic nitrogens is 3. The van der Waals surface area contributed by atoms with Gasteiger partial charge in [0.1, 0.15) is 5.82 Å². The van der Waals surface area contributed by atoms with Crippen LogP contribution in [0, 0.1) is 6.92 Å². The number of amides is 2. The van der Waals surface area contributed by atoms with Crippen LogP contribution in [-0.2, 0) is 23.0 Å². The zero-order valence-electron chi connectivity index (χ0n) is 16.6. The standard InChI is InChI=1S/C21H23N5O3S/c1-15-6-12-18(13-7-15)30(28,29)25-21(27)22-17-10-8-16(9-11-17)20-24-23-19-5-3-2-4-14-26(19)20/h6-13H,2-5,14H2,1H3,(H2,22,25,27). The molecule has 0 bridgehead atoms. The van der Waals surface area contributed by atoms with E-state index in [2.05, 4.69) is 20.1 Å². The van der Waals surface area contributed by atoms with Gasteiger partial charge in [-0.15, -0.1) is 10.2 Å². The van der Waals surface area contributed by atoms with E-state index in [1.807, 2.05) is 23.8 Å². The normalized spacial score (nSPS) is 13.9. The lowest BCUT2D eigenvalue weighted by molar-refractivity contribution is 0.256. The highest BCUT2D eigenvalue weighted by Crippen LogP contribution is 2.24. The number of carbonyl (C=O) groups is 1. The molecule has 0 spiro atoms. The monoisotopic (exact) mass is 425 g/mol. The highest BCUT2D eigenvalue weighted by Gasteiger charge is 2.18. The van der Waals surface area contributed by atoms with Crippen LogP contribution in [0.15, 0.2) is 53.4 Å². The van der Waals surface area contributed by atoms with E-state index in [0.29, 0.717) is 5.69 Å². The summed E-state index contributed by atoms with van der Waals surface area (Å²) in [5.74, 6) is 1.82. The number of aryl methyl sites for hydroxylation is 2. The average Bonchev–Trinajstić information content (AvgIpc) is 2.96. The molecule has 2 heterocycles. The Bertz CT molecular complexity index is 1150. The Morgan fingerprint density at radius 1 is 0.967 bits per heavy atom. The van der Waals surface area contributed by atoms with Gasteiger partial charge < -0.3 is 9.88 Å². The summed E-state index contributed by atoms with van der Waals surface area (Å²) in [5, 5.41) is 11.2. The molecule has 0 aliphatic carbocycles. The number of hydrogen-bond acceptors (Lipinski definition) is 5. The number of sulfonamides is 1. The minimum atomic E-state index is -3.94. The van der Waals surface area contributed by atoms with Crippen LogP contribution in [0.5, 0.6) is 0 Å². The molecule has 9 heteroatoms. The second-order valence-electron chi connectivity index (χ2n) is 7.35. The number of urea groups is 1. The van der Waals surface area contributed by atoms with Gasteiger partial charge in [-0.05, 0) is 56.2 Å². The molecule has 1 aromatic heterocycles. The summed E-state index contributed by atoms with van der Waals surface area (Å²) >= 11 is 0. The van der Waals surface area contributed by atoms with Crippen molar-refractivity contribution in [2.45, 2.75) is 44.0 Å². The summed E-state index contributed by atoms with van der Waals surface area (Å²) in [6, 6.07) is 12.6. The summed E-state index contributed by atoms with van der Waals surface area (Å²) in [4.78, 5) is 12.2. The number of benzene rings is 2. The van der Waals surface area contributed by atoms with Gasteiger partial charge in [0.05, 0.1) is 4.90 Å². The number of rotatable bonds is 4. The molecule has 2 amide bonds. The highest BCUT2D eigenvalue weighted by atomic mass is 32.2. The van der Waals surface area contributed by atoms with Crippen LogP contribution in [0.4, 0.5) is 10.5 Å². The second kappa shape index (κ2) is 8.27. The van der Waals surface area contributed by atoms with Gasteiger partial charge in [0.25, 0.3) is 10.0 Å². The quantitative estimate of drug-likeness (QED) is 0.666. The lowest BCUT2D eigenvalue weighted by Gasteiger charge is -2.10. The van der Waals surface area contributed by atoms with Crippen LogP contribution in [-0.4, -0.2) is 29.2 Å². The predicted octanol–water partition coefficient (Wildman–Crippen LogP) is 3.49. The summed E-state index contributed by atoms with van der Waals surface area (Å²) < 4.78 is 28.8. The van der Waals surface area contributed by atoms with E-state index in [9.17, 15) is 13.2 Å². The largest absolute Gasteiger partial charge is 0.333 e. The van der Waals surface area contributed by atoms with Gasteiger partial charge in [0, 0.05) is 24.2 Å². The third kappa shape index (κ3) is 4.35. The first kappa shape index (κ1) is 20.1. The Hall–Kier alpha value is -3.20. The van der Waals surface area contributed by atoms with Gasteiger partial charge in [-0.1, -0.05) is 24.1 Å². The first-order chi connectivity index (χ1) is 14.4. The van der Waals surface area contributed by atoms with Gasteiger partial charge in [-0.25, -0.2) is 17.9 Å². The molecule has 0 fully saturated rings. The first-order valence-electron chi connectivity index (χ1n) is 9.85. The molecule has 4 rings (SSSR count). The molecule has 30 heavy (non-hydrogen) atoms. The number of nitrogens with zero attached hydrogens (tertiary/aromatic N) is 3.